The van der Waals surface area contributed by atoms with Gasteiger partial charge in [0.05, 0.1) is 34.0 Å². The van der Waals surface area contributed by atoms with E-state index in [-0.39, 0.29) is 5.41 Å². The first kappa shape index (κ1) is 28.8. The third kappa shape index (κ3) is 4.40. The van der Waals surface area contributed by atoms with E-state index < -0.39 is 0 Å². The van der Waals surface area contributed by atoms with Gasteiger partial charge in [0.1, 0.15) is 0 Å². The molecule has 1 aliphatic heterocycles. The zero-order valence-corrected chi connectivity index (χ0v) is 27.3. The van der Waals surface area contributed by atoms with Gasteiger partial charge >= 0.3 is 0 Å². The number of aromatic nitrogens is 2. The lowest BCUT2D eigenvalue weighted by Crippen LogP contribution is -2.30. The van der Waals surface area contributed by atoms with Crippen molar-refractivity contribution in [3.8, 4) is 34.0 Å². The lowest BCUT2D eigenvalue weighted by molar-refractivity contribution is 0.632. The molecule has 49 heavy (non-hydrogen) atoms. The summed E-state index contributed by atoms with van der Waals surface area (Å²) in [5.74, 6) is 0. The molecular formula is C45H32N4. The third-order valence-corrected chi connectivity index (χ3v) is 10.1. The Morgan fingerprint density at radius 1 is 0.571 bits per heavy atom. The molecule has 0 amide bonds. The van der Waals surface area contributed by atoms with Crippen molar-refractivity contribution in [1.29, 1.82) is 5.26 Å². The number of para-hydroxylation sites is 3. The van der Waals surface area contributed by atoms with E-state index in [1.807, 2.05) is 36.7 Å². The fraction of sp³-hybridized carbons (Fsp3) is 0.0667. The molecule has 1 aliphatic rings. The van der Waals surface area contributed by atoms with Gasteiger partial charge in [0, 0.05) is 45.5 Å². The molecule has 0 saturated carbocycles. The molecule has 232 valence electrons. The van der Waals surface area contributed by atoms with Crippen molar-refractivity contribution in [3.63, 3.8) is 0 Å². The summed E-state index contributed by atoms with van der Waals surface area (Å²) in [6.07, 6.45) is 3.84. The summed E-state index contributed by atoms with van der Waals surface area (Å²) >= 11 is 0. The SMILES string of the molecule is CC1(C)c2ccccc2N(c2cc(-c3ccccc3-c3ccccc3C#N)cc(-n3c4ccccc4c4cnccc43)c2)c2ccccc21. The highest BCUT2D eigenvalue weighted by atomic mass is 15.2. The zero-order valence-electron chi connectivity index (χ0n) is 27.3. The Kier molecular flexibility index (Phi) is 6.50. The topological polar surface area (TPSA) is 44.9 Å². The predicted octanol–water partition coefficient (Wildman–Crippen LogP) is 11.5. The molecule has 0 unspecified atom stereocenters. The van der Waals surface area contributed by atoms with Crippen LogP contribution in [0, 0.1) is 11.3 Å². The van der Waals surface area contributed by atoms with E-state index in [1.165, 1.54) is 22.5 Å². The monoisotopic (exact) mass is 628 g/mol. The molecule has 0 spiro atoms. The van der Waals surface area contributed by atoms with Gasteiger partial charge in [-0.1, -0.05) is 111 Å². The van der Waals surface area contributed by atoms with Crippen LogP contribution in [0.25, 0.3) is 49.7 Å². The first-order chi connectivity index (χ1) is 24.0. The molecule has 0 fully saturated rings. The predicted molar refractivity (Wildman–Crippen MR) is 201 cm³/mol. The molecule has 2 aromatic heterocycles. The van der Waals surface area contributed by atoms with Crippen LogP contribution in [0.1, 0.15) is 30.5 Å². The van der Waals surface area contributed by atoms with E-state index in [4.69, 9.17) is 0 Å². The van der Waals surface area contributed by atoms with Gasteiger partial charge in [-0.3, -0.25) is 4.98 Å². The minimum Gasteiger partial charge on any atom is -0.310 e. The molecule has 4 heteroatoms. The van der Waals surface area contributed by atoms with Gasteiger partial charge in [-0.25, -0.2) is 0 Å². The van der Waals surface area contributed by atoms with Crippen molar-refractivity contribution in [3.05, 3.63) is 175 Å². The normalized spacial score (nSPS) is 13.2. The maximum absolute atomic E-state index is 10.1. The summed E-state index contributed by atoms with van der Waals surface area (Å²) in [7, 11) is 0. The van der Waals surface area contributed by atoms with Gasteiger partial charge in [0.25, 0.3) is 0 Å². The summed E-state index contributed by atoms with van der Waals surface area (Å²) in [6, 6.07) is 53.8. The lowest BCUT2D eigenvalue weighted by Gasteiger charge is -2.42. The number of hydrogen-bond acceptors (Lipinski definition) is 3. The van der Waals surface area contributed by atoms with Crippen LogP contribution >= 0.6 is 0 Å². The number of fused-ring (bicyclic) bond motifs is 5. The van der Waals surface area contributed by atoms with Crippen molar-refractivity contribution in [2.75, 3.05) is 4.90 Å². The van der Waals surface area contributed by atoms with Gasteiger partial charge in [-0.05, 0) is 76.3 Å². The summed E-state index contributed by atoms with van der Waals surface area (Å²) in [5.41, 5.74) is 13.8. The highest BCUT2D eigenvalue weighted by Gasteiger charge is 2.36. The fourth-order valence-electron chi connectivity index (χ4n) is 7.84. The first-order valence-electron chi connectivity index (χ1n) is 16.6. The van der Waals surface area contributed by atoms with Crippen LogP contribution in [-0.4, -0.2) is 9.55 Å². The van der Waals surface area contributed by atoms with Crippen LogP contribution in [0.15, 0.2) is 158 Å². The molecule has 0 aliphatic carbocycles. The van der Waals surface area contributed by atoms with Crippen LogP contribution in [0.4, 0.5) is 17.1 Å². The van der Waals surface area contributed by atoms with E-state index in [2.05, 4.69) is 156 Å². The Hall–Kier alpha value is -6.44. The van der Waals surface area contributed by atoms with Crippen LogP contribution < -0.4 is 4.90 Å². The second kappa shape index (κ2) is 11.1. The van der Waals surface area contributed by atoms with Gasteiger partial charge in [-0.15, -0.1) is 0 Å². The van der Waals surface area contributed by atoms with Gasteiger partial charge in [-0.2, -0.15) is 5.26 Å². The molecule has 0 saturated heterocycles. The van der Waals surface area contributed by atoms with Crippen LogP contribution in [0.2, 0.25) is 0 Å². The van der Waals surface area contributed by atoms with Crippen molar-refractivity contribution < 1.29 is 0 Å². The molecule has 6 aromatic carbocycles. The largest absolute Gasteiger partial charge is 0.310 e. The highest BCUT2D eigenvalue weighted by molar-refractivity contribution is 6.09. The average molecular weight is 629 g/mol. The maximum atomic E-state index is 10.1. The number of nitriles is 1. The minimum absolute atomic E-state index is 0.169. The first-order valence-corrected chi connectivity index (χ1v) is 16.6. The molecule has 4 nitrogen and oxygen atoms in total. The number of hydrogen-bond donors (Lipinski definition) is 0. The average Bonchev–Trinajstić information content (AvgIpc) is 3.49. The molecular weight excluding hydrogens is 597 g/mol. The summed E-state index contributed by atoms with van der Waals surface area (Å²) in [4.78, 5) is 6.92. The second-order valence-electron chi connectivity index (χ2n) is 13.2. The van der Waals surface area contributed by atoms with E-state index in [0.717, 1.165) is 55.4 Å². The quantitative estimate of drug-likeness (QED) is 0.195. The Morgan fingerprint density at radius 3 is 1.92 bits per heavy atom. The van der Waals surface area contributed by atoms with E-state index in [0.29, 0.717) is 5.56 Å². The highest BCUT2D eigenvalue weighted by Crippen LogP contribution is 2.52. The molecule has 0 radical (unpaired) electrons. The number of nitrogens with zero attached hydrogens (tertiary/aromatic N) is 4. The summed E-state index contributed by atoms with van der Waals surface area (Å²) < 4.78 is 2.36. The zero-order chi connectivity index (χ0) is 33.1. The van der Waals surface area contributed by atoms with E-state index in [9.17, 15) is 5.26 Å². The van der Waals surface area contributed by atoms with Crippen molar-refractivity contribution in [2.45, 2.75) is 19.3 Å². The van der Waals surface area contributed by atoms with Crippen molar-refractivity contribution in [1.82, 2.24) is 9.55 Å². The second-order valence-corrected chi connectivity index (χ2v) is 13.2. The minimum atomic E-state index is -0.169. The van der Waals surface area contributed by atoms with Crippen molar-refractivity contribution >= 4 is 38.9 Å². The number of pyridine rings is 1. The fourth-order valence-corrected chi connectivity index (χ4v) is 7.84. The summed E-state index contributed by atoms with van der Waals surface area (Å²) in [5, 5.41) is 12.4. The Balaban J connectivity index is 1.38. The van der Waals surface area contributed by atoms with Gasteiger partial charge in [0.2, 0.25) is 0 Å². The van der Waals surface area contributed by atoms with Crippen LogP contribution in [-0.2, 0) is 5.41 Å². The molecule has 3 heterocycles. The Bertz CT molecular complexity index is 2520. The van der Waals surface area contributed by atoms with Crippen molar-refractivity contribution in [2.24, 2.45) is 0 Å². The number of rotatable bonds is 4. The van der Waals surface area contributed by atoms with Gasteiger partial charge in [0.15, 0.2) is 0 Å². The molecule has 9 rings (SSSR count). The van der Waals surface area contributed by atoms with Gasteiger partial charge < -0.3 is 9.47 Å². The van der Waals surface area contributed by atoms with Crippen LogP contribution in [0.5, 0.6) is 0 Å². The van der Waals surface area contributed by atoms with E-state index >= 15 is 0 Å². The smallest absolute Gasteiger partial charge is 0.0998 e. The Morgan fingerprint density at radius 2 is 1.16 bits per heavy atom. The Labute approximate surface area is 285 Å². The molecule has 0 N–H and O–H groups in total. The molecule has 0 bridgehead atoms. The number of benzene rings is 6. The number of anilines is 3. The molecule has 8 aromatic rings. The third-order valence-electron chi connectivity index (χ3n) is 10.1. The summed E-state index contributed by atoms with van der Waals surface area (Å²) in [6.45, 7) is 4.64. The standard InChI is InChI=1S/C45H32N4/c1-45(2)39-18-8-11-21-43(39)49(44-22-12-9-19-40(44)45)33-26-31(35-15-5-6-16-36(35)34-14-4-3-13-30(34)28-46)25-32(27-33)48-41-20-10-7-17-37(41)38-29-47-24-23-42(38)48/h3-27,29H,1-2H3. The van der Waals surface area contributed by atoms with Crippen LogP contribution in [0.3, 0.4) is 0 Å². The van der Waals surface area contributed by atoms with E-state index in [1.54, 1.807) is 0 Å². The lowest BCUT2D eigenvalue weighted by atomic mass is 9.73. The maximum Gasteiger partial charge on any atom is 0.0998 e. The molecule has 0 atom stereocenters.